The summed E-state index contributed by atoms with van der Waals surface area (Å²) < 4.78 is 19.6. The third-order valence-corrected chi connectivity index (χ3v) is 8.65. The van der Waals surface area contributed by atoms with E-state index >= 15 is 0 Å². The van der Waals surface area contributed by atoms with E-state index in [2.05, 4.69) is 57.2 Å². The highest BCUT2D eigenvalue weighted by atomic mass is 16.5. The zero-order valence-electron chi connectivity index (χ0n) is 22.8. The van der Waals surface area contributed by atoms with Crippen molar-refractivity contribution in [3.05, 3.63) is 55.0 Å². The molecule has 4 aromatic rings. The summed E-state index contributed by atoms with van der Waals surface area (Å²) in [5.74, 6) is 0.730. The van der Waals surface area contributed by atoms with Crippen molar-refractivity contribution < 1.29 is 19.0 Å². The van der Waals surface area contributed by atoms with Crippen LogP contribution in [0, 0.1) is 5.41 Å². The molecule has 1 spiro atoms. The molecule has 2 aliphatic heterocycles. The van der Waals surface area contributed by atoms with Gasteiger partial charge in [0.15, 0.2) is 0 Å². The molecule has 9 nitrogen and oxygen atoms in total. The van der Waals surface area contributed by atoms with Crippen LogP contribution in [0.1, 0.15) is 19.3 Å². The Labute approximate surface area is 233 Å². The zero-order chi connectivity index (χ0) is 27.1. The molecule has 2 saturated heterocycles. The molecule has 5 heterocycles. The van der Waals surface area contributed by atoms with Crippen molar-refractivity contribution in [2.75, 3.05) is 46.0 Å². The van der Waals surface area contributed by atoms with E-state index < -0.39 is 0 Å². The maximum absolute atomic E-state index is 12.4. The number of aromatic nitrogens is 3. The Morgan fingerprint density at radius 1 is 1.00 bits per heavy atom. The molecule has 1 saturated carbocycles. The number of rotatable bonds is 10. The molecule has 7 rings (SSSR count). The summed E-state index contributed by atoms with van der Waals surface area (Å²) in [5.41, 5.74) is 4.73. The van der Waals surface area contributed by atoms with Gasteiger partial charge in [0.25, 0.3) is 0 Å². The summed E-state index contributed by atoms with van der Waals surface area (Å²) in [4.78, 5) is 23.2. The number of benzene rings is 1. The van der Waals surface area contributed by atoms with E-state index in [1.54, 1.807) is 0 Å². The van der Waals surface area contributed by atoms with Gasteiger partial charge in [0.1, 0.15) is 12.7 Å². The summed E-state index contributed by atoms with van der Waals surface area (Å²) >= 11 is 0. The van der Waals surface area contributed by atoms with E-state index in [0.717, 1.165) is 62.0 Å². The number of carbonyl (C=O) groups excluding carboxylic acids is 1. The van der Waals surface area contributed by atoms with Gasteiger partial charge < -0.3 is 29.0 Å². The second-order valence-corrected chi connectivity index (χ2v) is 11.5. The Morgan fingerprint density at radius 2 is 1.85 bits per heavy atom. The third kappa shape index (κ3) is 4.82. The van der Waals surface area contributed by atoms with E-state index in [4.69, 9.17) is 14.2 Å². The van der Waals surface area contributed by atoms with Crippen LogP contribution in [-0.4, -0.2) is 83.5 Å². The number of pyridine rings is 2. The number of hydrogen-bond donors (Lipinski definition) is 1. The van der Waals surface area contributed by atoms with Gasteiger partial charge in [-0.1, -0.05) is 12.1 Å². The Hall–Kier alpha value is -3.53. The Balaban J connectivity index is 0.862. The minimum absolute atomic E-state index is 0.0784. The number of aryl methyl sites for hydroxylation is 1. The van der Waals surface area contributed by atoms with Crippen molar-refractivity contribution in [1.29, 1.82) is 0 Å². The van der Waals surface area contributed by atoms with E-state index in [1.165, 1.54) is 16.4 Å². The van der Waals surface area contributed by atoms with Gasteiger partial charge in [-0.25, -0.2) is 4.98 Å². The number of ether oxygens (including phenoxy) is 3. The number of nitrogens with zero attached hydrogens (tertiary/aromatic N) is 4. The lowest BCUT2D eigenvalue weighted by Crippen LogP contribution is -2.66. The van der Waals surface area contributed by atoms with Gasteiger partial charge in [-0.2, -0.15) is 0 Å². The number of fused-ring (bicyclic) bond motifs is 3. The molecule has 9 heteroatoms. The number of carbonyl (C=O) groups is 1. The largest absolute Gasteiger partial charge is 0.474 e. The maximum atomic E-state index is 12.4. The molecule has 1 aromatic carbocycles. The molecule has 40 heavy (non-hydrogen) atoms. The van der Waals surface area contributed by atoms with Gasteiger partial charge in [-0.05, 0) is 43.0 Å². The van der Waals surface area contributed by atoms with Gasteiger partial charge in [0.2, 0.25) is 11.8 Å². The standard InChI is InChI=1S/C31H35N5O4/c1-35-27-7-8-32-17-26(27)25-5-3-21(11-28(25)35)22-4-6-29(34-14-22)40-23-12-31(13-23)19-36(20-31)30(37)18-38-9-2-10-39-24-15-33-16-24/h3-8,11,14,17,23-24,33H,2,9-10,12-13,15-16,18-20H2,1H3. The van der Waals surface area contributed by atoms with Crippen molar-refractivity contribution in [1.82, 2.24) is 24.8 Å². The predicted molar refractivity (Wildman–Crippen MR) is 152 cm³/mol. The predicted octanol–water partition coefficient (Wildman–Crippen LogP) is 3.55. The first-order valence-corrected chi connectivity index (χ1v) is 14.2. The van der Waals surface area contributed by atoms with E-state index in [-0.39, 0.29) is 24.0 Å². The molecular weight excluding hydrogens is 506 g/mol. The molecule has 208 valence electrons. The van der Waals surface area contributed by atoms with Crippen LogP contribution in [0.5, 0.6) is 5.88 Å². The minimum atomic E-state index is 0.0784. The molecule has 3 fully saturated rings. The summed E-state index contributed by atoms with van der Waals surface area (Å²) in [6.07, 6.45) is 8.88. The maximum Gasteiger partial charge on any atom is 0.248 e. The number of nitrogens with one attached hydrogen (secondary N) is 1. The van der Waals surface area contributed by atoms with Crippen LogP contribution in [0.25, 0.3) is 32.9 Å². The molecule has 0 radical (unpaired) electrons. The average Bonchev–Trinajstić information content (AvgIpc) is 3.19. The number of hydrogen-bond acceptors (Lipinski definition) is 7. The quantitative estimate of drug-likeness (QED) is 0.307. The van der Waals surface area contributed by atoms with Crippen LogP contribution < -0.4 is 10.1 Å². The van der Waals surface area contributed by atoms with E-state index in [0.29, 0.717) is 25.2 Å². The van der Waals surface area contributed by atoms with Gasteiger partial charge in [0.05, 0.1) is 11.6 Å². The fraction of sp³-hybridized carbons (Fsp3) is 0.452. The number of likely N-dealkylation sites (tertiary alicyclic amines) is 1. The van der Waals surface area contributed by atoms with Crippen molar-refractivity contribution in [2.45, 2.75) is 31.5 Å². The second kappa shape index (κ2) is 10.5. The summed E-state index contributed by atoms with van der Waals surface area (Å²) in [5, 5.41) is 5.55. The van der Waals surface area contributed by atoms with Crippen molar-refractivity contribution in [3.63, 3.8) is 0 Å². The Morgan fingerprint density at radius 3 is 2.62 bits per heavy atom. The highest BCUT2D eigenvalue weighted by Crippen LogP contribution is 2.49. The summed E-state index contributed by atoms with van der Waals surface area (Å²) in [7, 11) is 2.09. The normalized spacial score (nSPS) is 18.6. The molecule has 0 atom stereocenters. The Kier molecular flexibility index (Phi) is 6.65. The van der Waals surface area contributed by atoms with Gasteiger partial charge in [-0.15, -0.1) is 0 Å². The molecule has 0 bridgehead atoms. The van der Waals surface area contributed by atoms with Crippen LogP contribution in [0.4, 0.5) is 0 Å². The first-order valence-electron chi connectivity index (χ1n) is 14.2. The third-order valence-electron chi connectivity index (χ3n) is 8.65. The smallest absolute Gasteiger partial charge is 0.248 e. The molecule has 1 amide bonds. The average molecular weight is 542 g/mol. The highest BCUT2D eigenvalue weighted by Gasteiger charge is 2.54. The van der Waals surface area contributed by atoms with Gasteiger partial charge in [-0.3, -0.25) is 9.78 Å². The van der Waals surface area contributed by atoms with Crippen LogP contribution in [-0.2, 0) is 21.3 Å². The lowest BCUT2D eigenvalue weighted by Gasteiger charge is -2.58. The highest BCUT2D eigenvalue weighted by molar-refractivity contribution is 6.08. The summed E-state index contributed by atoms with van der Waals surface area (Å²) in [6.45, 7) is 4.87. The van der Waals surface area contributed by atoms with Crippen molar-refractivity contribution in [3.8, 4) is 17.0 Å². The fourth-order valence-corrected chi connectivity index (χ4v) is 6.25. The molecule has 1 aliphatic carbocycles. The fourth-order valence-electron chi connectivity index (χ4n) is 6.25. The zero-order valence-corrected chi connectivity index (χ0v) is 22.8. The molecule has 0 unspecified atom stereocenters. The van der Waals surface area contributed by atoms with Crippen LogP contribution in [0.3, 0.4) is 0 Å². The van der Waals surface area contributed by atoms with Crippen molar-refractivity contribution in [2.24, 2.45) is 12.5 Å². The summed E-state index contributed by atoms with van der Waals surface area (Å²) in [6, 6.07) is 12.6. The van der Waals surface area contributed by atoms with Crippen LogP contribution >= 0.6 is 0 Å². The second-order valence-electron chi connectivity index (χ2n) is 11.5. The molecule has 3 aliphatic rings. The van der Waals surface area contributed by atoms with Gasteiger partial charge >= 0.3 is 0 Å². The number of amides is 1. The topological polar surface area (TPSA) is 90.7 Å². The van der Waals surface area contributed by atoms with E-state index in [9.17, 15) is 4.79 Å². The Bertz CT molecular complexity index is 1520. The first kappa shape index (κ1) is 25.4. The van der Waals surface area contributed by atoms with Gasteiger partial charge in [0, 0.05) is 98.4 Å². The van der Waals surface area contributed by atoms with E-state index in [1.807, 2.05) is 29.6 Å². The molecule has 3 aromatic heterocycles. The monoisotopic (exact) mass is 541 g/mol. The lowest BCUT2D eigenvalue weighted by molar-refractivity contribution is -0.164. The molecular formula is C31H35N5O4. The van der Waals surface area contributed by atoms with Crippen LogP contribution in [0.2, 0.25) is 0 Å². The SMILES string of the molecule is Cn1c2ccncc2c2ccc(-c3ccc(OC4CC5(C4)CN(C(=O)COCCCOC4CNC4)C5)nc3)cc21. The van der Waals surface area contributed by atoms with Crippen LogP contribution in [0.15, 0.2) is 55.0 Å². The van der Waals surface area contributed by atoms with Crippen molar-refractivity contribution >= 4 is 27.7 Å². The lowest BCUT2D eigenvalue weighted by atomic mass is 9.61. The minimum Gasteiger partial charge on any atom is -0.474 e. The first-order chi connectivity index (χ1) is 19.6. The molecule has 1 N–H and O–H groups in total.